The van der Waals surface area contributed by atoms with Crippen molar-refractivity contribution in [2.45, 2.75) is 52.2 Å². The largest absolute Gasteiger partial charge is 0.462 e. The van der Waals surface area contributed by atoms with Gasteiger partial charge in [-0.05, 0) is 58.7 Å². The fourth-order valence-corrected chi connectivity index (χ4v) is 2.79. The molecule has 7 heteroatoms. The zero-order chi connectivity index (χ0) is 19.3. The van der Waals surface area contributed by atoms with Crippen molar-refractivity contribution in [2.75, 3.05) is 30.7 Å². The Morgan fingerprint density at radius 2 is 1.92 bits per heavy atom. The minimum Gasteiger partial charge on any atom is -0.462 e. The molecule has 1 fully saturated rings. The van der Waals surface area contributed by atoms with Crippen LogP contribution in [0.5, 0.6) is 0 Å². The van der Waals surface area contributed by atoms with Crippen LogP contribution in [0.2, 0.25) is 0 Å². The van der Waals surface area contributed by atoms with Gasteiger partial charge in [0.05, 0.1) is 23.5 Å². The van der Waals surface area contributed by atoms with Gasteiger partial charge >= 0.3 is 12.1 Å². The molecule has 0 saturated carbocycles. The number of nitrogens with one attached hydrogen (secondary N) is 1. The molecule has 7 nitrogen and oxygen atoms in total. The first-order valence-corrected chi connectivity index (χ1v) is 9.00. The average molecular weight is 363 g/mol. The molecule has 1 aromatic rings. The van der Waals surface area contributed by atoms with Crippen LogP contribution < -0.4 is 11.1 Å². The predicted molar refractivity (Wildman–Crippen MR) is 101 cm³/mol. The standard InChI is InChI=1S/C19H29N3O4/c1-5-25-17(23)13-6-7-16(15(20)12-13)21-14-8-10-22(11-9-14)18(24)26-19(2,3)4/h6-7,12,14,21H,5,8-11,20H2,1-4H3. The number of carbonyl (C=O) groups excluding carboxylic acids is 2. The molecule has 1 amide bonds. The van der Waals surface area contributed by atoms with Gasteiger partial charge in [0.1, 0.15) is 5.60 Å². The monoisotopic (exact) mass is 363 g/mol. The van der Waals surface area contributed by atoms with Gasteiger partial charge in [0.25, 0.3) is 0 Å². The average Bonchev–Trinajstić information content (AvgIpc) is 2.56. The number of anilines is 2. The summed E-state index contributed by atoms with van der Waals surface area (Å²) in [5.41, 5.74) is 7.31. The molecule has 1 saturated heterocycles. The van der Waals surface area contributed by atoms with Crippen molar-refractivity contribution >= 4 is 23.4 Å². The van der Waals surface area contributed by atoms with E-state index in [1.54, 1.807) is 30.0 Å². The third-order valence-electron chi connectivity index (χ3n) is 4.07. The Balaban J connectivity index is 1.89. The number of nitrogen functional groups attached to an aromatic ring is 1. The molecule has 1 aromatic carbocycles. The molecule has 0 radical (unpaired) electrons. The second-order valence-corrected chi connectivity index (χ2v) is 7.41. The van der Waals surface area contributed by atoms with Gasteiger partial charge in [-0.2, -0.15) is 0 Å². The summed E-state index contributed by atoms with van der Waals surface area (Å²) in [6.45, 7) is 8.95. The Bertz CT molecular complexity index is 647. The summed E-state index contributed by atoms with van der Waals surface area (Å²) in [6.07, 6.45) is 1.34. The van der Waals surface area contributed by atoms with E-state index < -0.39 is 5.60 Å². The van der Waals surface area contributed by atoms with Crippen LogP contribution in [0.1, 0.15) is 50.9 Å². The lowest BCUT2D eigenvalue weighted by atomic mass is 10.0. The molecule has 0 bridgehead atoms. The number of esters is 1. The third-order valence-corrected chi connectivity index (χ3v) is 4.07. The third kappa shape index (κ3) is 5.54. The van der Waals surface area contributed by atoms with E-state index >= 15 is 0 Å². The van der Waals surface area contributed by atoms with Gasteiger partial charge in [0.15, 0.2) is 0 Å². The van der Waals surface area contributed by atoms with Crippen molar-refractivity contribution in [3.05, 3.63) is 23.8 Å². The SMILES string of the molecule is CCOC(=O)c1ccc(NC2CCN(C(=O)OC(C)(C)C)CC2)c(N)c1. The van der Waals surface area contributed by atoms with Crippen LogP contribution in [0.25, 0.3) is 0 Å². The molecule has 0 aromatic heterocycles. The Hall–Kier alpha value is -2.44. The van der Waals surface area contributed by atoms with Gasteiger partial charge in [-0.1, -0.05) is 0 Å². The highest BCUT2D eigenvalue weighted by Crippen LogP contribution is 2.24. The van der Waals surface area contributed by atoms with Gasteiger partial charge in [-0.15, -0.1) is 0 Å². The summed E-state index contributed by atoms with van der Waals surface area (Å²) >= 11 is 0. The fraction of sp³-hybridized carbons (Fsp3) is 0.579. The maximum Gasteiger partial charge on any atom is 0.410 e. The molecule has 1 aliphatic rings. The number of nitrogens with two attached hydrogens (primary N) is 1. The lowest BCUT2D eigenvalue weighted by Crippen LogP contribution is -2.44. The zero-order valence-corrected chi connectivity index (χ0v) is 16.0. The summed E-state index contributed by atoms with van der Waals surface area (Å²) in [5, 5.41) is 3.40. The summed E-state index contributed by atoms with van der Waals surface area (Å²) in [6, 6.07) is 5.33. The number of benzene rings is 1. The number of hydrogen-bond donors (Lipinski definition) is 2. The summed E-state index contributed by atoms with van der Waals surface area (Å²) in [5.74, 6) is -0.378. The van der Waals surface area contributed by atoms with Crippen molar-refractivity contribution in [3.63, 3.8) is 0 Å². The molecule has 1 aliphatic heterocycles. The van der Waals surface area contributed by atoms with Gasteiger partial charge in [-0.3, -0.25) is 0 Å². The number of likely N-dealkylation sites (tertiary alicyclic amines) is 1. The van der Waals surface area contributed by atoms with E-state index in [0.717, 1.165) is 18.5 Å². The fourth-order valence-electron chi connectivity index (χ4n) is 2.79. The Morgan fingerprint density at radius 3 is 2.46 bits per heavy atom. The normalized spacial score (nSPS) is 15.5. The zero-order valence-electron chi connectivity index (χ0n) is 16.0. The first-order valence-electron chi connectivity index (χ1n) is 9.00. The number of piperidine rings is 1. The second-order valence-electron chi connectivity index (χ2n) is 7.41. The van der Waals surface area contributed by atoms with Crippen molar-refractivity contribution in [2.24, 2.45) is 0 Å². The topological polar surface area (TPSA) is 93.9 Å². The van der Waals surface area contributed by atoms with E-state index in [9.17, 15) is 9.59 Å². The van der Waals surface area contributed by atoms with Crippen molar-refractivity contribution in [1.82, 2.24) is 4.90 Å². The van der Waals surface area contributed by atoms with E-state index in [1.807, 2.05) is 20.8 Å². The van der Waals surface area contributed by atoms with Crippen LogP contribution in [0, 0.1) is 0 Å². The quantitative estimate of drug-likeness (QED) is 0.630. The minimum atomic E-state index is -0.485. The molecule has 0 atom stereocenters. The second kappa shape index (κ2) is 8.29. The van der Waals surface area contributed by atoms with Crippen LogP contribution >= 0.6 is 0 Å². The Kier molecular flexibility index (Phi) is 6.34. The molecule has 1 heterocycles. The number of ether oxygens (including phenoxy) is 2. The highest BCUT2D eigenvalue weighted by molar-refractivity contribution is 5.92. The van der Waals surface area contributed by atoms with E-state index in [0.29, 0.717) is 30.9 Å². The lowest BCUT2D eigenvalue weighted by molar-refractivity contribution is 0.0210. The minimum absolute atomic E-state index is 0.212. The maximum absolute atomic E-state index is 12.1. The van der Waals surface area contributed by atoms with Crippen LogP contribution in [0.15, 0.2) is 18.2 Å². The Morgan fingerprint density at radius 1 is 1.27 bits per heavy atom. The van der Waals surface area contributed by atoms with Crippen LogP contribution in [0.4, 0.5) is 16.2 Å². The Labute approximate surface area is 154 Å². The van der Waals surface area contributed by atoms with Crippen LogP contribution in [-0.2, 0) is 9.47 Å². The molecule has 26 heavy (non-hydrogen) atoms. The number of amides is 1. The first kappa shape index (κ1) is 19.9. The highest BCUT2D eigenvalue weighted by atomic mass is 16.6. The number of hydrogen-bond acceptors (Lipinski definition) is 6. The molecule has 0 aliphatic carbocycles. The molecule has 2 rings (SSSR count). The van der Waals surface area contributed by atoms with Crippen LogP contribution in [-0.4, -0.2) is 48.3 Å². The highest BCUT2D eigenvalue weighted by Gasteiger charge is 2.27. The molecular formula is C19H29N3O4. The molecule has 0 spiro atoms. The first-order chi connectivity index (χ1) is 12.2. The maximum atomic E-state index is 12.1. The number of nitrogens with zero attached hydrogens (tertiary/aromatic N) is 1. The molecular weight excluding hydrogens is 334 g/mol. The van der Waals surface area contributed by atoms with E-state index in [4.69, 9.17) is 15.2 Å². The van der Waals surface area contributed by atoms with Gasteiger partial charge < -0.3 is 25.4 Å². The van der Waals surface area contributed by atoms with Crippen molar-refractivity contribution in [3.8, 4) is 0 Å². The van der Waals surface area contributed by atoms with Crippen molar-refractivity contribution < 1.29 is 19.1 Å². The summed E-state index contributed by atoms with van der Waals surface area (Å²) in [4.78, 5) is 25.6. The van der Waals surface area contributed by atoms with Gasteiger partial charge in [-0.25, -0.2) is 9.59 Å². The number of rotatable bonds is 4. The molecule has 144 valence electrons. The predicted octanol–water partition coefficient (Wildman–Crippen LogP) is 3.26. The van der Waals surface area contributed by atoms with Gasteiger partial charge in [0, 0.05) is 19.1 Å². The van der Waals surface area contributed by atoms with Crippen LogP contribution in [0.3, 0.4) is 0 Å². The molecule has 0 unspecified atom stereocenters. The van der Waals surface area contributed by atoms with Gasteiger partial charge in [0.2, 0.25) is 0 Å². The molecule has 3 N–H and O–H groups in total. The lowest BCUT2D eigenvalue weighted by Gasteiger charge is -2.34. The van der Waals surface area contributed by atoms with Crippen molar-refractivity contribution in [1.29, 1.82) is 0 Å². The van der Waals surface area contributed by atoms with E-state index in [1.165, 1.54) is 0 Å². The summed E-state index contributed by atoms with van der Waals surface area (Å²) < 4.78 is 10.4. The number of carbonyl (C=O) groups is 2. The summed E-state index contributed by atoms with van der Waals surface area (Å²) in [7, 11) is 0. The van der Waals surface area contributed by atoms with E-state index in [-0.39, 0.29) is 18.1 Å². The smallest absolute Gasteiger partial charge is 0.410 e. The van der Waals surface area contributed by atoms with E-state index in [2.05, 4.69) is 5.32 Å².